The standard InChI is InChI=1S/C17H22F3N3O3/c1-11(2)23-7-6-21-16(25)14(23)9-15(24)22-10-12-4-3-5-13(8-12)26-17(18,19)20/h3-5,8,11,14H,6-7,9-10H2,1-2H3,(H,21,25)(H,22,24). The smallest absolute Gasteiger partial charge is 0.406 e. The summed E-state index contributed by atoms with van der Waals surface area (Å²) in [6.07, 6.45) is -4.78. The van der Waals surface area contributed by atoms with E-state index >= 15 is 0 Å². The molecule has 1 fully saturated rings. The minimum Gasteiger partial charge on any atom is -0.406 e. The van der Waals surface area contributed by atoms with Crippen LogP contribution in [0.4, 0.5) is 13.2 Å². The molecule has 26 heavy (non-hydrogen) atoms. The molecule has 1 aliphatic heterocycles. The van der Waals surface area contributed by atoms with E-state index in [9.17, 15) is 22.8 Å². The number of ether oxygens (including phenoxy) is 1. The Hall–Kier alpha value is -2.29. The highest BCUT2D eigenvalue weighted by atomic mass is 19.4. The summed E-state index contributed by atoms with van der Waals surface area (Å²) in [5.74, 6) is -0.887. The Morgan fingerprint density at radius 1 is 1.42 bits per heavy atom. The molecule has 6 nitrogen and oxygen atoms in total. The molecule has 144 valence electrons. The lowest BCUT2D eigenvalue weighted by Crippen LogP contribution is -2.58. The summed E-state index contributed by atoms with van der Waals surface area (Å²) < 4.78 is 40.6. The third-order valence-corrected chi connectivity index (χ3v) is 4.04. The molecule has 1 heterocycles. The molecule has 0 saturated carbocycles. The summed E-state index contributed by atoms with van der Waals surface area (Å²) in [6.45, 7) is 5.16. The first kappa shape index (κ1) is 20.0. The lowest BCUT2D eigenvalue weighted by Gasteiger charge is -2.37. The van der Waals surface area contributed by atoms with E-state index in [2.05, 4.69) is 15.4 Å². The number of rotatable bonds is 6. The number of alkyl halides is 3. The van der Waals surface area contributed by atoms with Crippen molar-refractivity contribution in [3.8, 4) is 5.75 Å². The van der Waals surface area contributed by atoms with Gasteiger partial charge in [-0.3, -0.25) is 14.5 Å². The summed E-state index contributed by atoms with van der Waals surface area (Å²) in [7, 11) is 0. The predicted octanol–water partition coefficient (Wildman–Crippen LogP) is 1.80. The molecule has 2 amide bonds. The maximum absolute atomic E-state index is 12.3. The SMILES string of the molecule is CC(C)N1CCNC(=O)C1CC(=O)NCc1cccc(OC(F)(F)F)c1. The van der Waals surface area contributed by atoms with Gasteiger partial charge in [0.1, 0.15) is 5.75 Å². The first-order valence-corrected chi connectivity index (χ1v) is 8.30. The molecule has 1 aromatic carbocycles. The van der Waals surface area contributed by atoms with Crippen molar-refractivity contribution in [1.29, 1.82) is 0 Å². The number of amides is 2. The van der Waals surface area contributed by atoms with E-state index in [1.165, 1.54) is 18.2 Å². The van der Waals surface area contributed by atoms with Crippen LogP contribution in [0.1, 0.15) is 25.8 Å². The normalized spacial score (nSPS) is 18.5. The topological polar surface area (TPSA) is 70.7 Å². The van der Waals surface area contributed by atoms with Gasteiger partial charge in [0.25, 0.3) is 0 Å². The number of piperazine rings is 1. The minimum atomic E-state index is -4.77. The van der Waals surface area contributed by atoms with Crippen molar-refractivity contribution in [3.63, 3.8) is 0 Å². The van der Waals surface area contributed by atoms with Gasteiger partial charge in [0.15, 0.2) is 0 Å². The number of nitrogens with zero attached hydrogens (tertiary/aromatic N) is 1. The molecule has 0 aromatic heterocycles. The van der Waals surface area contributed by atoms with Crippen molar-refractivity contribution in [2.45, 2.75) is 45.3 Å². The minimum absolute atomic E-state index is 0.0112. The van der Waals surface area contributed by atoms with Crippen molar-refractivity contribution in [2.75, 3.05) is 13.1 Å². The molecular weight excluding hydrogens is 351 g/mol. The fourth-order valence-electron chi connectivity index (χ4n) is 2.86. The first-order valence-electron chi connectivity index (χ1n) is 8.30. The maximum atomic E-state index is 12.3. The van der Waals surface area contributed by atoms with Crippen LogP contribution in [0, 0.1) is 0 Å². The molecule has 0 spiro atoms. The second-order valence-electron chi connectivity index (χ2n) is 6.31. The summed E-state index contributed by atoms with van der Waals surface area (Å²) in [6, 6.07) is 4.96. The predicted molar refractivity (Wildman–Crippen MR) is 88.2 cm³/mol. The molecular formula is C17H22F3N3O3. The Labute approximate surface area is 149 Å². The summed E-state index contributed by atoms with van der Waals surface area (Å²) in [5.41, 5.74) is 0.467. The largest absolute Gasteiger partial charge is 0.573 e. The average Bonchev–Trinajstić information content (AvgIpc) is 2.53. The lowest BCUT2D eigenvalue weighted by atomic mass is 10.1. The number of carbonyl (C=O) groups excluding carboxylic acids is 2. The zero-order chi connectivity index (χ0) is 19.3. The molecule has 0 radical (unpaired) electrons. The third kappa shape index (κ3) is 5.91. The first-order chi connectivity index (χ1) is 12.2. The van der Waals surface area contributed by atoms with Gasteiger partial charge in [-0.1, -0.05) is 12.1 Å². The summed E-state index contributed by atoms with van der Waals surface area (Å²) in [4.78, 5) is 26.2. The molecule has 1 aliphatic rings. The number of hydrogen-bond acceptors (Lipinski definition) is 4. The van der Waals surface area contributed by atoms with Crippen LogP contribution in [0.15, 0.2) is 24.3 Å². The van der Waals surface area contributed by atoms with Crippen LogP contribution < -0.4 is 15.4 Å². The second kappa shape index (κ2) is 8.39. The fraction of sp³-hybridized carbons (Fsp3) is 0.529. The Morgan fingerprint density at radius 3 is 2.81 bits per heavy atom. The molecule has 2 N–H and O–H groups in total. The zero-order valence-electron chi connectivity index (χ0n) is 14.6. The number of hydrogen-bond donors (Lipinski definition) is 2. The fourth-order valence-corrected chi connectivity index (χ4v) is 2.86. The third-order valence-electron chi connectivity index (χ3n) is 4.04. The average molecular weight is 373 g/mol. The van der Waals surface area contributed by atoms with Gasteiger partial charge in [-0.2, -0.15) is 0 Å². The van der Waals surface area contributed by atoms with Crippen LogP contribution in [0.3, 0.4) is 0 Å². The van der Waals surface area contributed by atoms with Crippen LogP contribution in [0.5, 0.6) is 5.75 Å². The van der Waals surface area contributed by atoms with E-state index < -0.39 is 12.4 Å². The molecule has 1 saturated heterocycles. The summed E-state index contributed by atoms with van der Waals surface area (Å²) >= 11 is 0. The van der Waals surface area contributed by atoms with Crippen molar-refractivity contribution < 1.29 is 27.5 Å². The van der Waals surface area contributed by atoms with Crippen molar-refractivity contribution in [1.82, 2.24) is 15.5 Å². The van der Waals surface area contributed by atoms with Gasteiger partial charge in [0.05, 0.1) is 12.5 Å². The van der Waals surface area contributed by atoms with Gasteiger partial charge in [0, 0.05) is 25.7 Å². The van der Waals surface area contributed by atoms with Crippen molar-refractivity contribution in [3.05, 3.63) is 29.8 Å². The number of benzene rings is 1. The van der Waals surface area contributed by atoms with Gasteiger partial charge < -0.3 is 15.4 Å². The van der Waals surface area contributed by atoms with Crippen LogP contribution in [0.2, 0.25) is 0 Å². The van der Waals surface area contributed by atoms with Crippen molar-refractivity contribution in [2.24, 2.45) is 0 Å². The van der Waals surface area contributed by atoms with Crippen LogP contribution in [0.25, 0.3) is 0 Å². The van der Waals surface area contributed by atoms with Gasteiger partial charge in [-0.05, 0) is 31.5 Å². The van der Waals surface area contributed by atoms with Crippen molar-refractivity contribution >= 4 is 11.8 Å². The molecule has 1 atom stereocenters. The Balaban J connectivity index is 1.92. The molecule has 0 aliphatic carbocycles. The van der Waals surface area contributed by atoms with E-state index in [1.54, 1.807) is 6.07 Å². The second-order valence-corrected chi connectivity index (χ2v) is 6.31. The summed E-state index contributed by atoms with van der Waals surface area (Å²) in [5, 5.41) is 5.38. The van der Waals surface area contributed by atoms with Crippen LogP contribution >= 0.6 is 0 Å². The van der Waals surface area contributed by atoms with E-state index in [1.807, 2.05) is 18.7 Å². The number of carbonyl (C=O) groups is 2. The van der Waals surface area contributed by atoms with E-state index in [-0.39, 0.29) is 36.6 Å². The molecule has 1 unspecified atom stereocenters. The molecule has 2 rings (SSSR count). The van der Waals surface area contributed by atoms with Gasteiger partial charge in [-0.15, -0.1) is 13.2 Å². The zero-order valence-corrected chi connectivity index (χ0v) is 14.6. The Kier molecular flexibility index (Phi) is 6.47. The van der Waals surface area contributed by atoms with E-state index in [4.69, 9.17) is 0 Å². The maximum Gasteiger partial charge on any atom is 0.573 e. The molecule has 0 bridgehead atoms. The number of nitrogens with one attached hydrogen (secondary N) is 2. The van der Waals surface area contributed by atoms with Gasteiger partial charge >= 0.3 is 6.36 Å². The van der Waals surface area contributed by atoms with Crippen LogP contribution in [-0.4, -0.2) is 48.2 Å². The van der Waals surface area contributed by atoms with E-state index in [0.29, 0.717) is 18.7 Å². The lowest BCUT2D eigenvalue weighted by molar-refractivity contribution is -0.274. The highest BCUT2D eigenvalue weighted by Gasteiger charge is 2.33. The highest BCUT2D eigenvalue weighted by Crippen LogP contribution is 2.23. The Bertz CT molecular complexity index is 650. The monoisotopic (exact) mass is 373 g/mol. The molecule has 1 aromatic rings. The van der Waals surface area contributed by atoms with Gasteiger partial charge in [-0.25, -0.2) is 0 Å². The highest BCUT2D eigenvalue weighted by molar-refractivity contribution is 5.88. The Morgan fingerprint density at radius 2 is 2.15 bits per heavy atom. The molecule has 9 heteroatoms. The van der Waals surface area contributed by atoms with E-state index in [0.717, 1.165) is 0 Å². The quantitative estimate of drug-likeness (QED) is 0.798. The number of halogens is 3. The van der Waals surface area contributed by atoms with Crippen LogP contribution in [-0.2, 0) is 16.1 Å². The van der Waals surface area contributed by atoms with Gasteiger partial charge in [0.2, 0.25) is 11.8 Å².